The molecule has 0 aromatic heterocycles. The van der Waals surface area contributed by atoms with Crippen LogP contribution in [0.1, 0.15) is 32.8 Å². The zero-order valence-electron chi connectivity index (χ0n) is 19.9. The molecule has 0 heterocycles. The minimum atomic E-state index is -1.90. The molecule has 0 unspecified atom stereocenters. The molecule has 0 aliphatic carbocycles. The minimum Gasteiger partial charge on any atom is -0.543 e. The molecule has 0 radical (unpaired) electrons. The third-order valence-corrected chi connectivity index (χ3v) is 11.3. The second-order valence-corrected chi connectivity index (χ2v) is 15.3. The highest BCUT2D eigenvalue weighted by Crippen LogP contribution is 2.38. The molecule has 32 heavy (non-hydrogen) atoms. The molecule has 174 valence electrons. The van der Waals surface area contributed by atoms with Gasteiger partial charge in [0.1, 0.15) is 11.5 Å². The van der Waals surface area contributed by atoms with Gasteiger partial charge in [0.2, 0.25) is 14.1 Å². The van der Waals surface area contributed by atoms with Gasteiger partial charge in [-0.2, -0.15) is 0 Å². The lowest BCUT2D eigenvalue weighted by Gasteiger charge is -2.36. The Bertz CT molecular complexity index is 927. The zero-order chi connectivity index (χ0) is 23.8. The molecule has 0 fully saturated rings. The Kier molecular flexibility index (Phi) is 9.86. The molecular formula is C25H34ClNO3SSi. The monoisotopic (exact) mass is 491 g/mol. The van der Waals surface area contributed by atoms with Crippen LogP contribution in [0.4, 0.5) is 0 Å². The second-order valence-electron chi connectivity index (χ2n) is 9.14. The van der Waals surface area contributed by atoms with Crippen LogP contribution in [-0.4, -0.2) is 38.7 Å². The minimum absolute atomic E-state index is 0.0681. The number of carbonyl (C=O) groups excluding carboxylic acids is 1. The van der Waals surface area contributed by atoms with Gasteiger partial charge in [-0.25, -0.2) is 0 Å². The molecule has 0 aliphatic rings. The van der Waals surface area contributed by atoms with Crippen LogP contribution in [0.3, 0.4) is 0 Å². The molecule has 0 aliphatic heterocycles. The van der Waals surface area contributed by atoms with E-state index in [9.17, 15) is 4.79 Å². The molecule has 0 bridgehead atoms. The normalized spacial score (nSPS) is 12.5. The van der Waals surface area contributed by atoms with Crippen molar-refractivity contribution < 1.29 is 14.0 Å². The fourth-order valence-corrected chi connectivity index (χ4v) is 4.74. The Morgan fingerprint density at radius 2 is 1.81 bits per heavy atom. The number of aliphatic imine (C=N–C) groups is 1. The van der Waals surface area contributed by atoms with Gasteiger partial charge in [-0.15, -0.1) is 11.8 Å². The first-order chi connectivity index (χ1) is 15.0. The lowest BCUT2D eigenvalue weighted by molar-refractivity contribution is -0.110. The smallest absolute Gasteiger partial charge is 0.250 e. The van der Waals surface area contributed by atoms with E-state index in [0.717, 1.165) is 34.8 Å². The molecule has 0 atom stereocenters. The van der Waals surface area contributed by atoms with Gasteiger partial charge in [-0.3, -0.25) is 9.79 Å². The Morgan fingerprint density at radius 1 is 1.12 bits per heavy atom. The summed E-state index contributed by atoms with van der Waals surface area (Å²) in [6.45, 7) is 11.6. The third kappa shape index (κ3) is 7.98. The van der Waals surface area contributed by atoms with Crippen LogP contribution >= 0.6 is 23.4 Å². The summed E-state index contributed by atoms with van der Waals surface area (Å²) < 4.78 is 12.0. The number of hydrogen-bond acceptors (Lipinski definition) is 5. The predicted molar refractivity (Wildman–Crippen MR) is 139 cm³/mol. The highest BCUT2D eigenvalue weighted by molar-refractivity contribution is 8.00. The van der Waals surface area contributed by atoms with Crippen molar-refractivity contribution in [1.29, 1.82) is 0 Å². The summed E-state index contributed by atoms with van der Waals surface area (Å²) in [5.74, 6) is 1.80. The van der Waals surface area contributed by atoms with Gasteiger partial charge in [0.25, 0.3) is 0 Å². The van der Waals surface area contributed by atoms with Crippen LogP contribution in [0.2, 0.25) is 18.1 Å². The van der Waals surface area contributed by atoms with Gasteiger partial charge in [-0.05, 0) is 54.7 Å². The first-order valence-electron chi connectivity index (χ1n) is 10.8. The Hall–Kier alpha value is -1.76. The summed E-state index contributed by atoms with van der Waals surface area (Å²) in [7, 11) is -0.230. The molecule has 2 rings (SSSR count). The Labute approximate surface area is 202 Å². The van der Waals surface area contributed by atoms with Crippen molar-refractivity contribution >= 4 is 42.6 Å². The van der Waals surface area contributed by atoms with E-state index in [1.165, 1.54) is 11.8 Å². The summed E-state index contributed by atoms with van der Waals surface area (Å²) in [6, 6.07) is 15.8. The van der Waals surface area contributed by atoms with Crippen LogP contribution in [0.5, 0.6) is 11.5 Å². The molecule has 0 N–H and O–H groups in total. The molecular weight excluding hydrogens is 458 g/mol. The maximum absolute atomic E-state index is 12.2. The van der Waals surface area contributed by atoms with Crippen LogP contribution in [0, 0.1) is 0 Å². The van der Waals surface area contributed by atoms with Crippen molar-refractivity contribution in [3.05, 3.63) is 54.1 Å². The maximum Gasteiger partial charge on any atom is 0.250 e. The van der Waals surface area contributed by atoms with Crippen molar-refractivity contribution in [2.24, 2.45) is 4.99 Å². The fourth-order valence-electron chi connectivity index (χ4n) is 2.70. The van der Waals surface area contributed by atoms with Crippen LogP contribution < -0.4 is 9.16 Å². The number of benzene rings is 2. The van der Waals surface area contributed by atoms with Gasteiger partial charge < -0.3 is 9.16 Å². The zero-order valence-corrected chi connectivity index (χ0v) is 22.5. The van der Waals surface area contributed by atoms with Gasteiger partial charge in [-0.1, -0.05) is 56.6 Å². The fraction of sp³-hybridized carbons (Fsp3) is 0.440. The third-order valence-electron chi connectivity index (χ3n) is 5.64. The van der Waals surface area contributed by atoms with E-state index < -0.39 is 8.32 Å². The average molecular weight is 492 g/mol. The van der Waals surface area contributed by atoms with Crippen LogP contribution in [-0.2, 0) is 11.2 Å². The van der Waals surface area contributed by atoms with E-state index in [1.54, 1.807) is 7.11 Å². The lowest BCUT2D eigenvalue weighted by atomic mass is 10.1. The van der Waals surface area contributed by atoms with Gasteiger partial charge in [0, 0.05) is 17.5 Å². The maximum atomic E-state index is 12.2. The second kappa shape index (κ2) is 11.9. The Morgan fingerprint density at radius 3 is 2.44 bits per heavy atom. The van der Waals surface area contributed by atoms with E-state index in [4.69, 9.17) is 20.8 Å². The summed E-state index contributed by atoms with van der Waals surface area (Å²) in [6.07, 6.45) is 1.55. The average Bonchev–Trinajstić information content (AvgIpc) is 2.75. The van der Waals surface area contributed by atoms with Crippen LogP contribution in [0.15, 0.2) is 58.4 Å². The molecule has 0 saturated carbocycles. The largest absolute Gasteiger partial charge is 0.543 e. The van der Waals surface area contributed by atoms with Crippen LogP contribution in [0.25, 0.3) is 0 Å². The van der Waals surface area contributed by atoms with E-state index in [1.807, 2.05) is 48.5 Å². The summed E-state index contributed by atoms with van der Waals surface area (Å²) >= 11 is 7.57. The Balaban J connectivity index is 1.88. The summed E-state index contributed by atoms with van der Waals surface area (Å²) in [4.78, 5) is 17.5. The number of ether oxygens (including phenoxy) is 1. The molecule has 2 aromatic rings. The number of Topliss-reactive ketones (excluding diaryl/α,β-unsaturated/α-hetero) is 1. The number of thioether (sulfide) groups is 1. The molecule has 0 amide bonds. The van der Waals surface area contributed by atoms with Gasteiger partial charge in [0.15, 0.2) is 5.17 Å². The SMILES string of the molecule is COc1cc(O[Si](C)(C)C(C)(C)C)ccc1CCCN=C(Cl)C(=O)CSc1ccccc1. The molecule has 7 heteroatoms. The van der Waals surface area contributed by atoms with E-state index in [0.29, 0.717) is 6.54 Å². The molecule has 2 aromatic carbocycles. The van der Waals surface area contributed by atoms with Crippen molar-refractivity contribution in [3.8, 4) is 11.5 Å². The van der Waals surface area contributed by atoms with E-state index >= 15 is 0 Å². The van der Waals surface area contributed by atoms with Crippen molar-refractivity contribution in [3.63, 3.8) is 0 Å². The van der Waals surface area contributed by atoms with Gasteiger partial charge >= 0.3 is 0 Å². The molecule has 0 saturated heterocycles. The first-order valence-corrected chi connectivity index (χ1v) is 15.1. The number of carbonyl (C=O) groups is 1. The first kappa shape index (κ1) is 26.5. The van der Waals surface area contributed by atoms with E-state index in [-0.39, 0.29) is 21.7 Å². The van der Waals surface area contributed by atoms with Crippen molar-refractivity contribution in [1.82, 2.24) is 0 Å². The standard InChI is InChI=1S/C25H34ClNO3SSi/c1-25(2,3)32(5,6)30-20-15-14-19(23(17-20)29-4)11-10-16-27-24(26)22(28)18-31-21-12-8-7-9-13-21/h7-9,12-15,17H,10-11,16,18H2,1-6H3. The van der Waals surface area contributed by atoms with E-state index in [2.05, 4.69) is 38.9 Å². The van der Waals surface area contributed by atoms with Crippen molar-refractivity contribution in [2.45, 2.75) is 56.6 Å². The summed E-state index contributed by atoms with van der Waals surface area (Å²) in [5.41, 5.74) is 1.09. The van der Waals surface area contributed by atoms with Crippen molar-refractivity contribution in [2.75, 3.05) is 19.4 Å². The number of nitrogens with zero attached hydrogens (tertiary/aromatic N) is 1. The number of rotatable bonds is 11. The lowest BCUT2D eigenvalue weighted by Crippen LogP contribution is -2.43. The topological polar surface area (TPSA) is 47.9 Å². The number of halogens is 1. The number of hydrogen-bond donors (Lipinski definition) is 0. The molecule has 0 spiro atoms. The number of ketones is 1. The molecule has 4 nitrogen and oxygen atoms in total. The highest BCUT2D eigenvalue weighted by Gasteiger charge is 2.39. The summed E-state index contributed by atoms with van der Waals surface area (Å²) in [5, 5.41) is 0.200. The quantitative estimate of drug-likeness (QED) is 0.147. The highest BCUT2D eigenvalue weighted by atomic mass is 35.5. The number of aryl methyl sites for hydroxylation is 1. The number of methoxy groups -OCH3 is 1. The predicted octanol–water partition coefficient (Wildman–Crippen LogP) is 7.01. The van der Waals surface area contributed by atoms with Gasteiger partial charge in [0.05, 0.1) is 12.9 Å².